The zero-order valence-electron chi connectivity index (χ0n) is 6.55. The highest BCUT2D eigenvalue weighted by Crippen LogP contribution is 2.24. The quantitative estimate of drug-likeness (QED) is 0.645. The predicted molar refractivity (Wildman–Crippen MR) is 42.8 cm³/mol. The first-order valence-electron chi connectivity index (χ1n) is 3.17. The SMILES string of the molecule is COc1[c]c(N)c(OC)cc1. The van der Waals surface area contributed by atoms with E-state index in [-0.39, 0.29) is 0 Å². The van der Waals surface area contributed by atoms with Crippen molar-refractivity contribution in [1.82, 2.24) is 0 Å². The van der Waals surface area contributed by atoms with Crippen molar-refractivity contribution in [2.45, 2.75) is 0 Å². The number of hydrogen-bond acceptors (Lipinski definition) is 3. The van der Waals surface area contributed by atoms with E-state index in [1.54, 1.807) is 26.4 Å². The summed E-state index contributed by atoms with van der Waals surface area (Å²) in [6, 6.07) is 6.29. The van der Waals surface area contributed by atoms with Crippen LogP contribution >= 0.6 is 0 Å². The molecule has 1 rings (SSSR count). The number of anilines is 1. The van der Waals surface area contributed by atoms with Crippen molar-refractivity contribution in [3.05, 3.63) is 18.2 Å². The molecule has 59 valence electrons. The molecule has 0 aromatic heterocycles. The molecule has 0 aliphatic rings. The van der Waals surface area contributed by atoms with Crippen LogP contribution in [0.5, 0.6) is 11.5 Å². The lowest BCUT2D eigenvalue weighted by Gasteiger charge is -2.04. The molecule has 1 aromatic rings. The fourth-order valence-electron chi connectivity index (χ4n) is 0.774. The smallest absolute Gasteiger partial charge is 0.142 e. The van der Waals surface area contributed by atoms with Gasteiger partial charge in [0.05, 0.1) is 26.0 Å². The fourth-order valence-corrected chi connectivity index (χ4v) is 0.774. The van der Waals surface area contributed by atoms with E-state index in [1.165, 1.54) is 0 Å². The maximum absolute atomic E-state index is 5.55. The van der Waals surface area contributed by atoms with Gasteiger partial charge >= 0.3 is 0 Å². The van der Waals surface area contributed by atoms with Crippen LogP contribution in [0, 0.1) is 6.07 Å². The number of nitrogens with two attached hydrogens (primary N) is 1. The minimum Gasteiger partial charge on any atom is -0.496 e. The van der Waals surface area contributed by atoms with E-state index in [9.17, 15) is 0 Å². The number of ether oxygens (including phenoxy) is 2. The summed E-state index contributed by atoms with van der Waals surface area (Å²) in [7, 11) is 3.13. The number of rotatable bonds is 2. The van der Waals surface area contributed by atoms with Crippen molar-refractivity contribution in [3.63, 3.8) is 0 Å². The summed E-state index contributed by atoms with van der Waals surface area (Å²) in [5.41, 5.74) is 6.01. The van der Waals surface area contributed by atoms with Gasteiger partial charge in [0.2, 0.25) is 0 Å². The summed E-state index contributed by atoms with van der Waals surface area (Å²) in [5, 5.41) is 0. The second-order valence-corrected chi connectivity index (χ2v) is 2.01. The summed E-state index contributed by atoms with van der Waals surface area (Å²) in [4.78, 5) is 0. The van der Waals surface area contributed by atoms with Crippen LogP contribution in [0.1, 0.15) is 0 Å². The average Bonchev–Trinajstić information content (AvgIpc) is 2.04. The molecule has 0 aliphatic heterocycles. The van der Waals surface area contributed by atoms with Crippen LogP contribution in [0.2, 0.25) is 0 Å². The molecule has 1 radical (unpaired) electrons. The first kappa shape index (κ1) is 7.72. The highest BCUT2D eigenvalue weighted by Gasteiger charge is 1.99. The highest BCUT2D eigenvalue weighted by atomic mass is 16.5. The molecular formula is C8H10NO2. The minimum absolute atomic E-state index is 0.465. The van der Waals surface area contributed by atoms with Gasteiger partial charge in [-0.2, -0.15) is 0 Å². The molecule has 0 heterocycles. The Bertz CT molecular complexity index is 248. The van der Waals surface area contributed by atoms with Gasteiger partial charge in [0.25, 0.3) is 0 Å². The lowest BCUT2D eigenvalue weighted by molar-refractivity contribution is 0.404. The lowest BCUT2D eigenvalue weighted by Crippen LogP contribution is -1.93. The van der Waals surface area contributed by atoms with Crippen molar-refractivity contribution >= 4 is 5.69 Å². The Balaban J connectivity index is 2.99. The zero-order chi connectivity index (χ0) is 8.27. The van der Waals surface area contributed by atoms with Crippen molar-refractivity contribution in [2.75, 3.05) is 20.0 Å². The second kappa shape index (κ2) is 3.14. The molecule has 11 heavy (non-hydrogen) atoms. The first-order chi connectivity index (χ1) is 5.27. The second-order valence-electron chi connectivity index (χ2n) is 2.01. The molecule has 0 saturated heterocycles. The third kappa shape index (κ3) is 1.55. The maximum atomic E-state index is 5.55. The Morgan fingerprint density at radius 1 is 1.27 bits per heavy atom. The lowest BCUT2D eigenvalue weighted by atomic mass is 10.3. The molecule has 0 atom stereocenters. The number of hydrogen-bond donors (Lipinski definition) is 1. The summed E-state index contributed by atoms with van der Waals surface area (Å²) in [5.74, 6) is 1.23. The maximum Gasteiger partial charge on any atom is 0.142 e. The fraction of sp³-hybridized carbons (Fsp3) is 0.250. The molecule has 0 unspecified atom stereocenters. The van der Waals surface area contributed by atoms with Crippen molar-refractivity contribution in [2.24, 2.45) is 0 Å². The van der Waals surface area contributed by atoms with Crippen LogP contribution < -0.4 is 15.2 Å². The van der Waals surface area contributed by atoms with E-state index < -0.39 is 0 Å². The van der Waals surface area contributed by atoms with Gasteiger partial charge in [-0.1, -0.05) is 0 Å². The zero-order valence-corrected chi connectivity index (χ0v) is 6.55. The molecule has 2 N–H and O–H groups in total. The Labute approximate surface area is 65.7 Å². The Morgan fingerprint density at radius 2 is 2.00 bits per heavy atom. The van der Waals surface area contributed by atoms with E-state index >= 15 is 0 Å². The molecule has 3 heteroatoms. The summed E-state index contributed by atoms with van der Waals surface area (Å²) < 4.78 is 9.84. The Morgan fingerprint density at radius 3 is 2.45 bits per heavy atom. The van der Waals surface area contributed by atoms with Crippen LogP contribution in [0.15, 0.2) is 12.1 Å². The number of benzene rings is 1. The molecule has 0 bridgehead atoms. The normalized spacial score (nSPS) is 9.27. The van der Waals surface area contributed by atoms with Crippen molar-refractivity contribution in [1.29, 1.82) is 0 Å². The predicted octanol–water partition coefficient (Wildman–Crippen LogP) is 1.09. The number of methoxy groups -OCH3 is 2. The molecule has 3 nitrogen and oxygen atoms in total. The minimum atomic E-state index is 0.465. The van der Waals surface area contributed by atoms with Crippen LogP contribution in [0.25, 0.3) is 0 Å². The van der Waals surface area contributed by atoms with E-state index in [1.807, 2.05) is 0 Å². The third-order valence-electron chi connectivity index (χ3n) is 1.35. The Hall–Kier alpha value is -1.38. The van der Waals surface area contributed by atoms with Gasteiger partial charge in [0.15, 0.2) is 0 Å². The van der Waals surface area contributed by atoms with Crippen LogP contribution in [-0.4, -0.2) is 14.2 Å². The van der Waals surface area contributed by atoms with Gasteiger partial charge < -0.3 is 15.2 Å². The summed E-state index contributed by atoms with van der Waals surface area (Å²) >= 11 is 0. The largest absolute Gasteiger partial charge is 0.496 e. The van der Waals surface area contributed by atoms with E-state index in [0.29, 0.717) is 17.2 Å². The molecule has 0 aliphatic carbocycles. The molecule has 0 saturated carbocycles. The number of nitrogen functional groups attached to an aromatic ring is 1. The third-order valence-corrected chi connectivity index (χ3v) is 1.35. The van der Waals surface area contributed by atoms with Gasteiger partial charge in [-0.05, 0) is 12.1 Å². The van der Waals surface area contributed by atoms with Gasteiger partial charge in [-0.3, -0.25) is 0 Å². The molecular weight excluding hydrogens is 142 g/mol. The average molecular weight is 152 g/mol. The van der Waals surface area contributed by atoms with Crippen molar-refractivity contribution in [3.8, 4) is 11.5 Å². The Kier molecular flexibility index (Phi) is 2.21. The first-order valence-corrected chi connectivity index (χ1v) is 3.17. The monoisotopic (exact) mass is 152 g/mol. The van der Waals surface area contributed by atoms with Gasteiger partial charge in [0, 0.05) is 0 Å². The van der Waals surface area contributed by atoms with Crippen LogP contribution in [0.3, 0.4) is 0 Å². The molecule has 0 spiro atoms. The molecule has 0 fully saturated rings. The van der Waals surface area contributed by atoms with Crippen molar-refractivity contribution < 1.29 is 9.47 Å². The van der Waals surface area contributed by atoms with Crippen LogP contribution in [0.4, 0.5) is 5.69 Å². The highest BCUT2D eigenvalue weighted by molar-refractivity contribution is 5.54. The topological polar surface area (TPSA) is 44.5 Å². The van der Waals surface area contributed by atoms with Crippen LogP contribution in [-0.2, 0) is 0 Å². The van der Waals surface area contributed by atoms with E-state index in [0.717, 1.165) is 0 Å². The summed E-state index contributed by atoms with van der Waals surface area (Å²) in [6.45, 7) is 0. The van der Waals surface area contributed by atoms with E-state index in [2.05, 4.69) is 6.07 Å². The summed E-state index contributed by atoms with van der Waals surface area (Å²) in [6.07, 6.45) is 0. The standard InChI is InChI=1S/C8H10NO2/c1-10-6-3-4-8(11-2)7(9)5-6/h3-4H,9H2,1-2H3. The van der Waals surface area contributed by atoms with E-state index in [4.69, 9.17) is 15.2 Å². The molecule has 0 amide bonds. The van der Waals surface area contributed by atoms with Gasteiger partial charge in [-0.25, -0.2) is 0 Å². The van der Waals surface area contributed by atoms with Gasteiger partial charge in [0.1, 0.15) is 11.5 Å². The molecule has 1 aromatic carbocycles. The van der Waals surface area contributed by atoms with Gasteiger partial charge in [-0.15, -0.1) is 0 Å².